The highest BCUT2D eigenvalue weighted by Crippen LogP contribution is 2.20. The summed E-state index contributed by atoms with van der Waals surface area (Å²) in [6.07, 6.45) is 1.66. The second kappa shape index (κ2) is 5.44. The Balaban J connectivity index is 2.00. The minimum Gasteiger partial charge on any atom is -0.486 e. The zero-order chi connectivity index (χ0) is 12.3. The Morgan fingerprint density at radius 2 is 2.35 bits per heavy atom. The van der Waals surface area contributed by atoms with Gasteiger partial charge in [-0.3, -0.25) is 0 Å². The molecular formula is C11H9ClN2OS2. The van der Waals surface area contributed by atoms with E-state index in [1.54, 1.807) is 18.3 Å². The van der Waals surface area contributed by atoms with Crippen molar-refractivity contribution in [2.75, 3.05) is 0 Å². The van der Waals surface area contributed by atoms with Gasteiger partial charge in [-0.2, -0.15) is 0 Å². The van der Waals surface area contributed by atoms with Crippen molar-refractivity contribution in [2.45, 2.75) is 6.61 Å². The van der Waals surface area contributed by atoms with Crippen LogP contribution < -0.4 is 10.5 Å². The van der Waals surface area contributed by atoms with Crippen molar-refractivity contribution in [1.82, 2.24) is 4.98 Å². The number of thiocarbonyl (C=S) groups is 1. The fraction of sp³-hybridized carbons (Fsp3) is 0.0909. The third-order valence-electron chi connectivity index (χ3n) is 1.95. The van der Waals surface area contributed by atoms with Gasteiger partial charge >= 0.3 is 0 Å². The lowest BCUT2D eigenvalue weighted by molar-refractivity contribution is 0.305. The molecule has 0 aliphatic rings. The van der Waals surface area contributed by atoms with E-state index in [1.165, 1.54) is 11.3 Å². The first-order chi connectivity index (χ1) is 8.15. The summed E-state index contributed by atoms with van der Waals surface area (Å²) in [6.45, 7) is 0.383. The van der Waals surface area contributed by atoms with Crippen LogP contribution in [0.1, 0.15) is 9.88 Å². The van der Waals surface area contributed by atoms with E-state index < -0.39 is 0 Å². The molecule has 0 aliphatic carbocycles. The van der Waals surface area contributed by atoms with Crippen LogP contribution in [-0.2, 0) is 6.61 Å². The van der Waals surface area contributed by atoms with E-state index in [0.717, 1.165) is 9.88 Å². The molecule has 2 aromatic rings. The second-order valence-electron chi connectivity index (χ2n) is 3.23. The van der Waals surface area contributed by atoms with Crippen molar-refractivity contribution >= 4 is 40.1 Å². The maximum atomic E-state index is 5.85. The first-order valence-electron chi connectivity index (χ1n) is 4.78. The van der Waals surface area contributed by atoms with Crippen LogP contribution in [0.4, 0.5) is 0 Å². The third-order valence-corrected chi connectivity index (χ3v) is 3.54. The Kier molecular flexibility index (Phi) is 3.93. The Bertz CT molecular complexity index is 542. The molecular weight excluding hydrogens is 276 g/mol. The molecule has 0 amide bonds. The zero-order valence-electron chi connectivity index (χ0n) is 8.72. The SMILES string of the molecule is NC(=S)c1cnc(COc2cccc(Cl)c2)s1. The number of nitrogens with zero attached hydrogens (tertiary/aromatic N) is 1. The quantitative estimate of drug-likeness (QED) is 0.877. The first-order valence-corrected chi connectivity index (χ1v) is 6.38. The van der Waals surface area contributed by atoms with Crippen LogP contribution in [0.2, 0.25) is 5.02 Å². The molecule has 1 heterocycles. The molecule has 88 valence electrons. The Morgan fingerprint density at radius 1 is 1.53 bits per heavy atom. The summed E-state index contributed by atoms with van der Waals surface area (Å²) in [7, 11) is 0. The van der Waals surface area contributed by atoms with Gasteiger partial charge in [-0.05, 0) is 18.2 Å². The predicted molar refractivity (Wildman–Crippen MR) is 73.8 cm³/mol. The molecule has 1 aromatic heterocycles. The Hall–Kier alpha value is -1.17. The van der Waals surface area contributed by atoms with Gasteiger partial charge in [0, 0.05) is 11.2 Å². The van der Waals surface area contributed by atoms with Gasteiger partial charge < -0.3 is 10.5 Å². The van der Waals surface area contributed by atoms with E-state index in [9.17, 15) is 0 Å². The topological polar surface area (TPSA) is 48.1 Å². The minimum atomic E-state index is 0.358. The lowest BCUT2D eigenvalue weighted by Gasteiger charge is -2.03. The van der Waals surface area contributed by atoms with Gasteiger partial charge in [0.1, 0.15) is 22.4 Å². The molecule has 0 saturated heterocycles. The molecule has 1 aromatic carbocycles. The smallest absolute Gasteiger partial charge is 0.140 e. The standard InChI is InChI=1S/C11H9ClN2OS2/c12-7-2-1-3-8(4-7)15-6-10-14-5-9(17-10)11(13)16/h1-5H,6H2,(H2,13,16). The van der Waals surface area contributed by atoms with Crippen LogP contribution in [0.15, 0.2) is 30.5 Å². The summed E-state index contributed by atoms with van der Waals surface area (Å²) in [6, 6.07) is 7.22. The average molecular weight is 285 g/mol. The van der Waals surface area contributed by atoms with Gasteiger partial charge in [0.2, 0.25) is 0 Å². The van der Waals surface area contributed by atoms with Crippen LogP contribution in [0.25, 0.3) is 0 Å². The summed E-state index contributed by atoms with van der Waals surface area (Å²) < 4.78 is 5.55. The molecule has 0 spiro atoms. The largest absolute Gasteiger partial charge is 0.486 e. The number of halogens is 1. The molecule has 6 heteroatoms. The van der Waals surface area contributed by atoms with E-state index in [2.05, 4.69) is 4.98 Å². The molecule has 0 unspecified atom stereocenters. The molecule has 2 N–H and O–H groups in total. The normalized spacial score (nSPS) is 10.2. The molecule has 17 heavy (non-hydrogen) atoms. The number of nitrogens with two attached hydrogens (primary N) is 1. The van der Waals surface area contributed by atoms with E-state index in [4.69, 9.17) is 34.3 Å². The number of thiazole rings is 1. The van der Waals surface area contributed by atoms with Gasteiger partial charge in [-0.25, -0.2) is 4.98 Å². The molecule has 0 atom stereocenters. The van der Waals surface area contributed by atoms with E-state index in [1.807, 2.05) is 12.1 Å². The van der Waals surface area contributed by atoms with E-state index in [-0.39, 0.29) is 0 Å². The maximum absolute atomic E-state index is 5.85. The second-order valence-corrected chi connectivity index (χ2v) is 5.22. The summed E-state index contributed by atoms with van der Waals surface area (Å²) in [5.41, 5.74) is 5.50. The Morgan fingerprint density at radius 3 is 3.00 bits per heavy atom. The molecule has 0 bridgehead atoms. The highest BCUT2D eigenvalue weighted by Gasteiger charge is 2.05. The number of hydrogen-bond donors (Lipinski definition) is 1. The summed E-state index contributed by atoms with van der Waals surface area (Å²) in [5, 5.41) is 1.47. The van der Waals surface area contributed by atoms with Gasteiger partial charge in [0.15, 0.2) is 0 Å². The molecule has 0 radical (unpaired) electrons. The number of hydrogen-bond acceptors (Lipinski definition) is 4. The zero-order valence-corrected chi connectivity index (χ0v) is 11.1. The average Bonchev–Trinajstić information content (AvgIpc) is 2.75. The van der Waals surface area contributed by atoms with Crippen LogP contribution in [0.3, 0.4) is 0 Å². The van der Waals surface area contributed by atoms with Gasteiger partial charge in [0.25, 0.3) is 0 Å². The van der Waals surface area contributed by atoms with E-state index in [0.29, 0.717) is 22.4 Å². The van der Waals surface area contributed by atoms with E-state index >= 15 is 0 Å². The summed E-state index contributed by atoms with van der Waals surface area (Å²) in [4.78, 5) is 5.32. The van der Waals surface area contributed by atoms with Crippen LogP contribution >= 0.6 is 35.2 Å². The summed E-state index contributed by atoms with van der Waals surface area (Å²) in [5.74, 6) is 0.713. The predicted octanol–water partition coefficient (Wildman–Crippen LogP) is 3.01. The molecule has 2 rings (SSSR count). The highest BCUT2D eigenvalue weighted by atomic mass is 35.5. The van der Waals surface area contributed by atoms with Crippen LogP contribution in [-0.4, -0.2) is 9.97 Å². The van der Waals surface area contributed by atoms with Crippen molar-refractivity contribution in [1.29, 1.82) is 0 Å². The van der Waals surface area contributed by atoms with Crippen LogP contribution in [0.5, 0.6) is 5.75 Å². The fourth-order valence-corrected chi connectivity index (χ4v) is 2.23. The van der Waals surface area contributed by atoms with Crippen molar-refractivity contribution in [2.24, 2.45) is 5.73 Å². The van der Waals surface area contributed by atoms with Gasteiger partial charge in [-0.15, -0.1) is 11.3 Å². The third kappa shape index (κ3) is 3.39. The molecule has 0 fully saturated rings. The number of rotatable bonds is 4. The van der Waals surface area contributed by atoms with Gasteiger partial charge in [-0.1, -0.05) is 29.9 Å². The maximum Gasteiger partial charge on any atom is 0.140 e. The lowest BCUT2D eigenvalue weighted by Crippen LogP contribution is -2.06. The van der Waals surface area contributed by atoms with Crippen molar-refractivity contribution < 1.29 is 4.74 Å². The van der Waals surface area contributed by atoms with Crippen molar-refractivity contribution in [3.8, 4) is 5.75 Å². The van der Waals surface area contributed by atoms with Crippen LogP contribution in [0, 0.1) is 0 Å². The van der Waals surface area contributed by atoms with Crippen molar-refractivity contribution in [3.63, 3.8) is 0 Å². The lowest BCUT2D eigenvalue weighted by atomic mass is 10.3. The number of ether oxygens (including phenoxy) is 1. The number of aromatic nitrogens is 1. The van der Waals surface area contributed by atoms with Gasteiger partial charge in [0.05, 0.1) is 4.88 Å². The van der Waals surface area contributed by atoms with Crippen molar-refractivity contribution in [3.05, 3.63) is 45.4 Å². The molecule has 3 nitrogen and oxygen atoms in total. The fourth-order valence-electron chi connectivity index (χ4n) is 1.19. The minimum absolute atomic E-state index is 0.358. The Labute approximate surface area is 113 Å². The summed E-state index contributed by atoms with van der Waals surface area (Å²) >= 11 is 12.1. The monoisotopic (exact) mass is 284 g/mol. The highest BCUT2D eigenvalue weighted by molar-refractivity contribution is 7.81. The molecule has 0 aliphatic heterocycles. The first kappa shape index (κ1) is 12.3. The molecule has 0 saturated carbocycles. The number of benzene rings is 1.